The molecular weight excluding hydrogens is 152 g/mol. The minimum Gasteiger partial charge on any atom is -0.330 e. The Morgan fingerprint density at radius 1 is 1.25 bits per heavy atom. The van der Waals surface area contributed by atoms with Crippen LogP contribution in [-0.4, -0.2) is 25.3 Å². The fourth-order valence-electron chi connectivity index (χ4n) is 0.936. The van der Waals surface area contributed by atoms with E-state index in [0.29, 0.717) is 6.54 Å². The topological polar surface area (TPSA) is 90.1 Å². The lowest BCUT2D eigenvalue weighted by atomic mass is 10.2. The molecule has 2 atom stereocenters. The van der Waals surface area contributed by atoms with Crippen LogP contribution < -0.4 is 22.5 Å². The number of nitrogens with one attached hydrogen (secondary N) is 1. The molecule has 4 heteroatoms. The molecule has 12 heavy (non-hydrogen) atoms. The maximum Gasteiger partial charge on any atom is 0.0546 e. The molecule has 0 aromatic rings. The highest BCUT2D eigenvalue weighted by atomic mass is 15.0. The monoisotopic (exact) mass is 174 g/mol. The number of rotatable bonds is 7. The normalized spacial score (nSPS) is 16.0. The van der Waals surface area contributed by atoms with Gasteiger partial charge in [-0.25, -0.2) is 0 Å². The average Bonchev–Trinajstić information content (AvgIpc) is 2.00. The van der Waals surface area contributed by atoms with E-state index in [-0.39, 0.29) is 12.2 Å². The quantitative estimate of drug-likeness (QED) is 0.386. The minimum absolute atomic E-state index is 0.0762. The summed E-state index contributed by atoms with van der Waals surface area (Å²) in [6.07, 6.45) is 2.96. The van der Waals surface area contributed by atoms with E-state index in [2.05, 4.69) is 5.32 Å². The number of hydrogen-bond donors (Lipinski definition) is 4. The third-order valence-electron chi connectivity index (χ3n) is 1.73. The van der Waals surface area contributed by atoms with Crippen molar-refractivity contribution in [1.29, 1.82) is 0 Å². The van der Waals surface area contributed by atoms with Gasteiger partial charge >= 0.3 is 0 Å². The largest absolute Gasteiger partial charge is 0.330 e. The predicted octanol–water partition coefficient (Wildman–Crippen LogP) is -0.663. The van der Waals surface area contributed by atoms with Crippen molar-refractivity contribution in [2.75, 3.05) is 13.1 Å². The second-order valence-corrected chi connectivity index (χ2v) is 3.26. The first kappa shape index (κ1) is 11.8. The van der Waals surface area contributed by atoms with Gasteiger partial charge in [-0.2, -0.15) is 0 Å². The van der Waals surface area contributed by atoms with Gasteiger partial charge in [-0.3, -0.25) is 0 Å². The van der Waals surface area contributed by atoms with Gasteiger partial charge in [-0.05, 0) is 39.3 Å². The van der Waals surface area contributed by atoms with Crippen molar-refractivity contribution in [3.05, 3.63) is 0 Å². The summed E-state index contributed by atoms with van der Waals surface area (Å²) in [6.45, 7) is 3.60. The maximum atomic E-state index is 5.74. The molecule has 0 aromatic carbocycles. The molecule has 74 valence electrons. The van der Waals surface area contributed by atoms with Crippen LogP contribution in [0.4, 0.5) is 0 Å². The fraction of sp³-hybridized carbons (Fsp3) is 1.00. The first-order chi connectivity index (χ1) is 5.66. The lowest BCUT2D eigenvalue weighted by Gasteiger charge is -2.13. The molecule has 0 spiro atoms. The van der Waals surface area contributed by atoms with Gasteiger partial charge in [0.05, 0.1) is 6.17 Å². The Hall–Kier alpha value is -0.160. The van der Waals surface area contributed by atoms with E-state index in [9.17, 15) is 0 Å². The zero-order valence-corrected chi connectivity index (χ0v) is 7.92. The van der Waals surface area contributed by atoms with Crippen LogP contribution in [0.2, 0.25) is 0 Å². The SMILES string of the molecule is CC(N)CCNC(N)CCCN. The Labute approximate surface area is 74.9 Å². The molecule has 0 saturated heterocycles. The molecule has 0 fully saturated rings. The van der Waals surface area contributed by atoms with Crippen molar-refractivity contribution < 1.29 is 0 Å². The molecule has 0 aliphatic carbocycles. The summed E-state index contributed by atoms with van der Waals surface area (Å²) >= 11 is 0. The second-order valence-electron chi connectivity index (χ2n) is 3.26. The molecule has 0 aliphatic heterocycles. The first-order valence-electron chi connectivity index (χ1n) is 4.61. The maximum absolute atomic E-state index is 5.74. The standard InChI is InChI=1S/C8H22N4/c1-7(10)4-6-12-8(11)3-2-5-9/h7-8,12H,2-6,9-11H2,1H3. The van der Waals surface area contributed by atoms with Gasteiger partial charge in [0.25, 0.3) is 0 Å². The molecule has 0 saturated carbocycles. The van der Waals surface area contributed by atoms with Crippen molar-refractivity contribution in [2.45, 2.75) is 38.4 Å². The second kappa shape index (κ2) is 7.49. The van der Waals surface area contributed by atoms with E-state index in [1.807, 2.05) is 6.92 Å². The third kappa shape index (κ3) is 7.94. The van der Waals surface area contributed by atoms with Crippen LogP contribution >= 0.6 is 0 Å². The molecular formula is C8H22N4. The molecule has 7 N–H and O–H groups in total. The Morgan fingerprint density at radius 3 is 2.42 bits per heavy atom. The molecule has 2 unspecified atom stereocenters. The molecule has 0 heterocycles. The van der Waals surface area contributed by atoms with E-state index in [1.54, 1.807) is 0 Å². The van der Waals surface area contributed by atoms with E-state index < -0.39 is 0 Å². The van der Waals surface area contributed by atoms with Gasteiger partial charge in [0, 0.05) is 6.04 Å². The Balaban J connectivity index is 3.13. The van der Waals surface area contributed by atoms with E-state index >= 15 is 0 Å². The number of nitrogens with two attached hydrogens (primary N) is 3. The van der Waals surface area contributed by atoms with Gasteiger partial charge in [-0.15, -0.1) is 0 Å². The van der Waals surface area contributed by atoms with Crippen LogP contribution in [0, 0.1) is 0 Å². The van der Waals surface area contributed by atoms with E-state index in [4.69, 9.17) is 17.2 Å². The van der Waals surface area contributed by atoms with Crippen LogP contribution in [0.5, 0.6) is 0 Å². The van der Waals surface area contributed by atoms with Crippen molar-refractivity contribution in [1.82, 2.24) is 5.32 Å². The molecule has 0 radical (unpaired) electrons. The summed E-state index contributed by atoms with van der Waals surface area (Å²) in [5.41, 5.74) is 16.7. The third-order valence-corrected chi connectivity index (χ3v) is 1.73. The average molecular weight is 174 g/mol. The molecule has 0 aromatic heterocycles. The van der Waals surface area contributed by atoms with Crippen molar-refractivity contribution in [3.8, 4) is 0 Å². The molecule has 0 bridgehead atoms. The van der Waals surface area contributed by atoms with Crippen LogP contribution in [0.3, 0.4) is 0 Å². The van der Waals surface area contributed by atoms with Gasteiger partial charge in [-0.1, -0.05) is 0 Å². The lowest BCUT2D eigenvalue weighted by Crippen LogP contribution is -2.39. The predicted molar refractivity (Wildman–Crippen MR) is 52.5 cm³/mol. The minimum atomic E-state index is 0.0762. The zero-order valence-electron chi connectivity index (χ0n) is 7.92. The molecule has 0 aliphatic rings. The van der Waals surface area contributed by atoms with Crippen molar-refractivity contribution in [3.63, 3.8) is 0 Å². The van der Waals surface area contributed by atoms with Crippen LogP contribution in [0.1, 0.15) is 26.2 Å². The highest BCUT2D eigenvalue weighted by Gasteiger charge is 2.00. The Kier molecular flexibility index (Phi) is 7.39. The Bertz CT molecular complexity index is 95.1. The highest BCUT2D eigenvalue weighted by molar-refractivity contribution is 4.62. The van der Waals surface area contributed by atoms with E-state index in [1.165, 1.54) is 0 Å². The van der Waals surface area contributed by atoms with Crippen LogP contribution in [0.25, 0.3) is 0 Å². The zero-order chi connectivity index (χ0) is 9.40. The highest BCUT2D eigenvalue weighted by Crippen LogP contribution is 1.90. The summed E-state index contributed by atoms with van der Waals surface area (Å²) in [5.74, 6) is 0. The summed E-state index contributed by atoms with van der Waals surface area (Å²) in [6, 6.07) is 0.249. The smallest absolute Gasteiger partial charge is 0.0546 e. The van der Waals surface area contributed by atoms with Gasteiger partial charge in [0.2, 0.25) is 0 Å². The summed E-state index contributed by atoms with van der Waals surface area (Å²) in [4.78, 5) is 0. The molecule has 0 amide bonds. The summed E-state index contributed by atoms with van der Waals surface area (Å²) in [5, 5.41) is 3.19. The lowest BCUT2D eigenvalue weighted by molar-refractivity contribution is 0.465. The van der Waals surface area contributed by atoms with Gasteiger partial charge in [0.15, 0.2) is 0 Å². The van der Waals surface area contributed by atoms with E-state index in [0.717, 1.165) is 25.8 Å². The van der Waals surface area contributed by atoms with Crippen molar-refractivity contribution >= 4 is 0 Å². The molecule has 4 nitrogen and oxygen atoms in total. The van der Waals surface area contributed by atoms with Crippen molar-refractivity contribution in [2.24, 2.45) is 17.2 Å². The summed E-state index contributed by atoms with van der Waals surface area (Å²) < 4.78 is 0. The van der Waals surface area contributed by atoms with Gasteiger partial charge in [0.1, 0.15) is 0 Å². The van der Waals surface area contributed by atoms with Crippen LogP contribution in [0.15, 0.2) is 0 Å². The van der Waals surface area contributed by atoms with Gasteiger partial charge < -0.3 is 22.5 Å². The fourth-order valence-corrected chi connectivity index (χ4v) is 0.936. The van der Waals surface area contributed by atoms with Crippen LogP contribution in [-0.2, 0) is 0 Å². The first-order valence-corrected chi connectivity index (χ1v) is 4.61. The summed E-state index contributed by atoms with van der Waals surface area (Å²) in [7, 11) is 0. The number of hydrogen-bond acceptors (Lipinski definition) is 4. The molecule has 0 rings (SSSR count). The Morgan fingerprint density at radius 2 is 1.92 bits per heavy atom.